The van der Waals surface area contributed by atoms with Gasteiger partial charge >= 0.3 is 0 Å². The van der Waals surface area contributed by atoms with Crippen LogP contribution in [0.1, 0.15) is 10.4 Å². The van der Waals surface area contributed by atoms with Gasteiger partial charge in [-0.1, -0.05) is 35.9 Å². The highest BCUT2D eigenvalue weighted by Crippen LogP contribution is 2.30. The van der Waals surface area contributed by atoms with Gasteiger partial charge in [-0.2, -0.15) is 0 Å². The van der Waals surface area contributed by atoms with Gasteiger partial charge in [0.25, 0.3) is 5.91 Å². The number of rotatable bonds is 4. The second-order valence-corrected chi connectivity index (χ2v) is 6.76. The summed E-state index contributed by atoms with van der Waals surface area (Å²) in [4.78, 5) is 25.9. The van der Waals surface area contributed by atoms with E-state index in [1.54, 1.807) is 79.9 Å². The van der Waals surface area contributed by atoms with Gasteiger partial charge in [-0.25, -0.2) is 0 Å². The van der Waals surface area contributed by atoms with Gasteiger partial charge in [0.1, 0.15) is 11.3 Å². The number of halogens is 1. The Morgan fingerprint density at radius 1 is 0.966 bits per heavy atom. The van der Waals surface area contributed by atoms with E-state index in [1.165, 1.54) is 0 Å². The number of hydrogen-bond acceptors (Lipinski definition) is 4. The molecular weight excluding hydrogens is 390 g/mol. The van der Waals surface area contributed by atoms with Gasteiger partial charge in [-0.05, 0) is 54.1 Å². The van der Waals surface area contributed by atoms with Crippen molar-refractivity contribution in [1.82, 2.24) is 0 Å². The van der Waals surface area contributed by atoms with Gasteiger partial charge < -0.3 is 9.15 Å². The van der Waals surface area contributed by atoms with Gasteiger partial charge in [-0.3, -0.25) is 14.9 Å². The average Bonchev–Trinajstić information content (AvgIpc) is 2.75. The maximum atomic E-state index is 13.2. The van der Waals surface area contributed by atoms with E-state index in [9.17, 15) is 9.59 Å². The van der Waals surface area contributed by atoms with Crippen molar-refractivity contribution < 1.29 is 13.9 Å². The van der Waals surface area contributed by atoms with Crippen molar-refractivity contribution in [2.75, 3.05) is 12.4 Å². The van der Waals surface area contributed by atoms with Crippen molar-refractivity contribution in [3.05, 3.63) is 93.6 Å². The maximum absolute atomic E-state index is 13.2. The number of benzene rings is 3. The summed E-state index contributed by atoms with van der Waals surface area (Å²) in [5, 5.41) is 3.71. The second-order valence-electron chi connectivity index (χ2n) is 6.32. The zero-order valence-electron chi connectivity index (χ0n) is 15.4. The van der Waals surface area contributed by atoms with Crippen LogP contribution in [-0.4, -0.2) is 13.0 Å². The van der Waals surface area contributed by atoms with E-state index in [0.717, 1.165) is 0 Å². The molecule has 3 aromatic carbocycles. The van der Waals surface area contributed by atoms with E-state index in [1.807, 2.05) is 0 Å². The average molecular weight is 406 g/mol. The number of nitrogens with one attached hydrogen (secondary N) is 1. The van der Waals surface area contributed by atoms with E-state index in [0.29, 0.717) is 32.9 Å². The van der Waals surface area contributed by atoms with Crippen molar-refractivity contribution >= 4 is 34.4 Å². The van der Waals surface area contributed by atoms with Gasteiger partial charge in [0.05, 0.1) is 18.1 Å². The molecule has 4 rings (SSSR count). The molecule has 0 fully saturated rings. The molecule has 5 nitrogen and oxygen atoms in total. The van der Waals surface area contributed by atoms with E-state index in [4.69, 9.17) is 20.8 Å². The van der Waals surface area contributed by atoms with E-state index < -0.39 is 5.91 Å². The standard InChI is InChI=1S/C23H16ClNO4/c1-28-17-12-8-15(9-13-17)22(27)25-23-20(14-6-10-16(24)11-7-14)21(26)18-4-2-3-5-19(18)29-23/h2-13H,1H3,(H,25,27). The fourth-order valence-corrected chi connectivity index (χ4v) is 3.15. The van der Waals surface area contributed by atoms with Crippen LogP contribution in [0.15, 0.2) is 82.0 Å². The Bertz CT molecular complexity index is 1240. The lowest BCUT2D eigenvalue weighted by Crippen LogP contribution is -2.16. The fourth-order valence-electron chi connectivity index (χ4n) is 3.03. The van der Waals surface area contributed by atoms with Crippen LogP contribution in [0, 0.1) is 0 Å². The van der Waals surface area contributed by atoms with Crippen molar-refractivity contribution in [1.29, 1.82) is 0 Å². The van der Waals surface area contributed by atoms with Gasteiger partial charge in [-0.15, -0.1) is 0 Å². The first-order chi connectivity index (χ1) is 14.1. The molecule has 6 heteroatoms. The first-order valence-corrected chi connectivity index (χ1v) is 9.22. The van der Waals surface area contributed by atoms with Crippen LogP contribution in [0.3, 0.4) is 0 Å². The Kier molecular flexibility index (Phi) is 5.06. The molecule has 0 saturated heterocycles. The highest BCUT2D eigenvalue weighted by molar-refractivity contribution is 6.30. The smallest absolute Gasteiger partial charge is 0.257 e. The molecule has 1 heterocycles. The van der Waals surface area contributed by atoms with Crippen molar-refractivity contribution in [3.8, 4) is 16.9 Å². The molecule has 4 aromatic rings. The second kappa shape index (κ2) is 7.81. The number of methoxy groups -OCH3 is 1. The molecule has 0 aliphatic heterocycles. The molecule has 1 N–H and O–H groups in total. The molecule has 29 heavy (non-hydrogen) atoms. The van der Waals surface area contributed by atoms with Crippen molar-refractivity contribution in [3.63, 3.8) is 0 Å². The topological polar surface area (TPSA) is 68.5 Å². The van der Waals surface area contributed by atoms with Gasteiger partial charge in [0, 0.05) is 10.6 Å². The summed E-state index contributed by atoms with van der Waals surface area (Å²) in [7, 11) is 1.55. The fraction of sp³-hybridized carbons (Fsp3) is 0.0435. The number of ether oxygens (including phenoxy) is 1. The lowest BCUT2D eigenvalue weighted by Gasteiger charge is -2.12. The lowest BCUT2D eigenvalue weighted by molar-refractivity contribution is 0.102. The van der Waals surface area contributed by atoms with Crippen LogP contribution in [0.25, 0.3) is 22.1 Å². The molecule has 1 amide bonds. The summed E-state index contributed by atoms with van der Waals surface area (Å²) in [6, 6.07) is 20.3. The Balaban J connectivity index is 1.83. The maximum Gasteiger partial charge on any atom is 0.257 e. The van der Waals surface area contributed by atoms with Crippen LogP contribution in [0.5, 0.6) is 5.75 Å². The molecule has 144 valence electrons. The van der Waals surface area contributed by atoms with Crippen molar-refractivity contribution in [2.24, 2.45) is 0 Å². The minimum atomic E-state index is -0.402. The van der Waals surface area contributed by atoms with Crippen LogP contribution in [0.2, 0.25) is 5.02 Å². The molecule has 0 unspecified atom stereocenters. The minimum Gasteiger partial charge on any atom is -0.497 e. The Hall–Kier alpha value is -3.57. The SMILES string of the molecule is COc1ccc(C(=O)Nc2oc3ccccc3c(=O)c2-c2ccc(Cl)cc2)cc1. The lowest BCUT2D eigenvalue weighted by atomic mass is 10.0. The largest absolute Gasteiger partial charge is 0.497 e. The quantitative estimate of drug-likeness (QED) is 0.495. The minimum absolute atomic E-state index is 0.0804. The summed E-state index contributed by atoms with van der Waals surface area (Å²) in [5.74, 6) is 0.318. The van der Waals surface area contributed by atoms with Crippen LogP contribution in [0.4, 0.5) is 5.88 Å². The first kappa shape index (κ1) is 18.8. The number of carbonyl (C=O) groups excluding carboxylic acids is 1. The monoisotopic (exact) mass is 405 g/mol. The zero-order chi connectivity index (χ0) is 20.4. The summed E-state index contributed by atoms with van der Waals surface area (Å²) < 4.78 is 11.0. The zero-order valence-corrected chi connectivity index (χ0v) is 16.2. The Morgan fingerprint density at radius 3 is 2.34 bits per heavy atom. The van der Waals surface area contributed by atoms with Crippen LogP contribution in [-0.2, 0) is 0 Å². The van der Waals surface area contributed by atoms with Crippen LogP contribution >= 0.6 is 11.6 Å². The third-order valence-corrected chi connectivity index (χ3v) is 4.76. The predicted octanol–water partition coefficient (Wildman–Crippen LogP) is 5.37. The normalized spacial score (nSPS) is 10.7. The predicted molar refractivity (Wildman–Crippen MR) is 114 cm³/mol. The van der Waals surface area contributed by atoms with E-state index >= 15 is 0 Å². The van der Waals surface area contributed by atoms with Gasteiger partial charge in [0.15, 0.2) is 0 Å². The first-order valence-electron chi connectivity index (χ1n) is 8.84. The van der Waals surface area contributed by atoms with Crippen LogP contribution < -0.4 is 15.5 Å². The molecule has 0 saturated carbocycles. The molecule has 0 aliphatic rings. The highest BCUT2D eigenvalue weighted by Gasteiger charge is 2.19. The Morgan fingerprint density at radius 2 is 1.66 bits per heavy atom. The number of hydrogen-bond donors (Lipinski definition) is 1. The number of fused-ring (bicyclic) bond motifs is 1. The van der Waals surface area contributed by atoms with Gasteiger partial charge in [0.2, 0.25) is 11.3 Å². The number of amides is 1. The third kappa shape index (κ3) is 3.73. The number of carbonyl (C=O) groups is 1. The van der Waals surface area contributed by atoms with E-state index in [-0.39, 0.29) is 16.9 Å². The molecule has 0 spiro atoms. The van der Waals surface area contributed by atoms with Crippen molar-refractivity contribution in [2.45, 2.75) is 0 Å². The Labute approximate surface area is 171 Å². The molecule has 0 radical (unpaired) electrons. The number of para-hydroxylation sites is 1. The molecule has 1 aromatic heterocycles. The highest BCUT2D eigenvalue weighted by atomic mass is 35.5. The molecule has 0 atom stereocenters. The summed E-state index contributed by atoms with van der Waals surface area (Å²) in [6.45, 7) is 0. The summed E-state index contributed by atoms with van der Waals surface area (Å²) in [5.41, 5.74) is 1.42. The third-order valence-electron chi connectivity index (χ3n) is 4.51. The molecular formula is C23H16ClNO4. The number of anilines is 1. The molecule has 0 aliphatic carbocycles. The summed E-state index contributed by atoms with van der Waals surface area (Å²) >= 11 is 5.98. The molecule has 0 bridgehead atoms. The summed E-state index contributed by atoms with van der Waals surface area (Å²) in [6.07, 6.45) is 0. The van der Waals surface area contributed by atoms with E-state index in [2.05, 4.69) is 5.32 Å².